The van der Waals surface area contributed by atoms with Crippen LogP contribution in [0.25, 0.3) is 0 Å². The number of rotatable bonds is 4. The third kappa shape index (κ3) is 4.01. The Morgan fingerprint density at radius 3 is 2.52 bits per heavy atom. The Morgan fingerprint density at radius 2 is 1.94 bits per heavy atom. The maximum absolute atomic E-state index is 13.3. The Kier molecular flexibility index (Phi) is 7.22. The second-order valence-electron chi connectivity index (χ2n) is 7.55. The number of amides is 1. The minimum absolute atomic E-state index is 0.000808. The van der Waals surface area contributed by atoms with Crippen LogP contribution in [0, 0.1) is 34.0 Å². The number of hydrogen-bond donors (Lipinski definition) is 1. The molecule has 0 fully saturated rings. The standard InChI is InChI=1S/C23H22Cl2N4O4/c1-3-32-21(30)23(12-27)19(15-6-5-13(24)9-18(15)25)17-11-29(22(31)33-4-2)8-7-14(17)16(10-26)20(23)28/h5-7,9,17,19H,3-4,8,11,28H2,1-2H3. The molecule has 0 aromatic heterocycles. The van der Waals surface area contributed by atoms with Crippen molar-refractivity contribution in [1.82, 2.24) is 4.90 Å². The van der Waals surface area contributed by atoms with Crippen LogP contribution in [0.5, 0.6) is 0 Å². The number of nitrogens with two attached hydrogens (primary N) is 1. The molecule has 3 atom stereocenters. The normalized spacial score (nSPS) is 24.2. The number of hydrogen-bond acceptors (Lipinski definition) is 7. The zero-order valence-corrected chi connectivity index (χ0v) is 19.6. The van der Waals surface area contributed by atoms with Gasteiger partial charge in [-0.05, 0) is 37.1 Å². The highest BCUT2D eigenvalue weighted by Gasteiger charge is 2.60. The van der Waals surface area contributed by atoms with E-state index in [1.165, 1.54) is 11.0 Å². The number of carbonyl (C=O) groups excluding carboxylic acids is 2. The Morgan fingerprint density at radius 1 is 1.24 bits per heavy atom. The molecule has 1 heterocycles. The first-order valence-electron chi connectivity index (χ1n) is 10.3. The van der Waals surface area contributed by atoms with E-state index in [1.807, 2.05) is 12.1 Å². The second-order valence-corrected chi connectivity index (χ2v) is 8.40. The van der Waals surface area contributed by atoms with Crippen LogP contribution in [0.2, 0.25) is 10.0 Å². The number of nitriles is 2. The Labute approximate surface area is 201 Å². The second kappa shape index (κ2) is 9.74. The van der Waals surface area contributed by atoms with Gasteiger partial charge in [0.1, 0.15) is 6.07 Å². The van der Waals surface area contributed by atoms with Gasteiger partial charge in [-0.1, -0.05) is 35.3 Å². The maximum atomic E-state index is 13.3. The van der Waals surface area contributed by atoms with Gasteiger partial charge in [-0.15, -0.1) is 0 Å². The first kappa shape index (κ1) is 24.4. The van der Waals surface area contributed by atoms with Crippen molar-refractivity contribution >= 4 is 35.3 Å². The molecule has 0 saturated carbocycles. The highest BCUT2D eigenvalue weighted by Crippen LogP contribution is 2.56. The van der Waals surface area contributed by atoms with Crippen molar-refractivity contribution in [3.05, 3.63) is 56.7 Å². The molecule has 0 spiro atoms. The first-order valence-corrected chi connectivity index (χ1v) is 11.1. The molecule has 0 saturated heterocycles. The fourth-order valence-corrected chi connectivity index (χ4v) is 5.04. The van der Waals surface area contributed by atoms with Crippen LogP contribution < -0.4 is 5.73 Å². The fraction of sp³-hybridized carbons (Fsp3) is 0.391. The topological polar surface area (TPSA) is 129 Å². The molecule has 3 unspecified atom stereocenters. The van der Waals surface area contributed by atoms with Crippen molar-refractivity contribution in [3.8, 4) is 12.1 Å². The summed E-state index contributed by atoms with van der Waals surface area (Å²) in [5, 5.41) is 20.9. The molecular weight excluding hydrogens is 467 g/mol. The third-order valence-corrected chi connectivity index (χ3v) is 6.47. The number of benzene rings is 1. The number of carbonyl (C=O) groups is 2. The molecule has 1 aromatic rings. The lowest BCUT2D eigenvalue weighted by Gasteiger charge is -2.46. The number of halogens is 2. The van der Waals surface area contributed by atoms with E-state index < -0.39 is 29.3 Å². The van der Waals surface area contributed by atoms with Gasteiger partial charge in [0.05, 0.1) is 30.6 Å². The number of ether oxygens (including phenoxy) is 2. The van der Waals surface area contributed by atoms with E-state index in [9.17, 15) is 20.1 Å². The monoisotopic (exact) mass is 488 g/mol. The molecule has 1 aliphatic heterocycles. The predicted molar refractivity (Wildman–Crippen MR) is 121 cm³/mol. The molecule has 33 heavy (non-hydrogen) atoms. The Hall–Kier alpha value is -3.20. The van der Waals surface area contributed by atoms with Crippen LogP contribution in [-0.4, -0.2) is 43.3 Å². The molecule has 1 aliphatic carbocycles. The molecule has 0 bridgehead atoms. The average molecular weight is 489 g/mol. The van der Waals surface area contributed by atoms with E-state index in [-0.39, 0.29) is 42.6 Å². The molecule has 1 amide bonds. The predicted octanol–water partition coefficient (Wildman–Crippen LogP) is 3.91. The van der Waals surface area contributed by atoms with E-state index in [4.69, 9.17) is 38.4 Å². The highest BCUT2D eigenvalue weighted by atomic mass is 35.5. The molecule has 3 rings (SSSR count). The minimum atomic E-state index is -2.04. The van der Waals surface area contributed by atoms with Crippen molar-refractivity contribution in [2.45, 2.75) is 19.8 Å². The summed E-state index contributed by atoms with van der Waals surface area (Å²) in [6.45, 7) is 3.75. The smallest absolute Gasteiger partial charge is 0.410 e. The summed E-state index contributed by atoms with van der Waals surface area (Å²) < 4.78 is 10.4. The van der Waals surface area contributed by atoms with Gasteiger partial charge < -0.3 is 20.1 Å². The lowest BCUT2D eigenvalue weighted by Crippen LogP contribution is -2.53. The molecule has 2 N–H and O–H groups in total. The summed E-state index contributed by atoms with van der Waals surface area (Å²) in [5.74, 6) is -2.50. The Bertz CT molecular complexity index is 1130. The summed E-state index contributed by atoms with van der Waals surface area (Å²) in [6.07, 6.45) is 1.15. The summed E-state index contributed by atoms with van der Waals surface area (Å²) in [6, 6.07) is 8.80. The van der Waals surface area contributed by atoms with Gasteiger partial charge in [-0.3, -0.25) is 0 Å². The summed E-state index contributed by atoms with van der Waals surface area (Å²) in [5.41, 5.74) is 5.14. The van der Waals surface area contributed by atoms with E-state index in [0.29, 0.717) is 16.2 Å². The SMILES string of the molecule is CCOC(=O)N1CC=C2C(C#N)=C(N)C(C#N)(C(=O)OCC)C(c3ccc(Cl)cc3Cl)C2C1. The Balaban J connectivity index is 2.33. The molecule has 172 valence electrons. The van der Waals surface area contributed by atoms with Crippen LogP contribution in [0.4, 0.5) is 4.79 Å². The third-order valence-electron chi connectivity index (χ3n) is 5.91. The number of allylic oxidation sites excluding steroid dienone is 1. The summed E-state index contributed by atoms with van der Waals surface area (Å²) in [7, 11) is 0. The van der Waals surface area contributed by atoms with Crippen LogP contribution in [0.1, 0.15) is 25.3 Å². The van der Waals surface area contributed by atoms with Gasteiger partial charge in [0.25, 0.3) is 0 Å². The number of fused-ring (bicyclic) bond motifs is 1. The van der Waals surface area contributed by atoms with Gasteiger partial charge in [-0.25, -0.2) is 9.59 Å². The van der Waals surface area contributed by atoms with Gasteiger partial charge in [0.2, 0.25) is 5.41 Å². The van der Waals surface area contributed by atoms with E-state index in [2.05, 4.69) is 0 Å². The number of esters is 1. The first-order chi connectivity index (χ1) is 15.8. The van der Waals surface area contributed by atoms with E-state index in [1.54, 1.807) is 32.1 Å². The zero-order valence-electron chi connectivity index (χ0n) is 18.1. The summed E-state index contributed by atoms with van der Waals surface area (Å²) >= 11 is 12.6. The highest BCUT2D eigenvalue weighted by molar-refractivity contribution is 6.35. The van der Waals surface area contributed by atoms with E-state index >= 15 is 0 Å². The van der Waals surface area contributed by atoms with Crippen molar-refractivity contribution < 1.29 is 19.1 Å². The zero-order chi connectivity index (χ0) is 24.3. The molecule has 8 nitrogen and oxygen atoms in total. The van der Waals surface area contributed by atoms with Crippen LogP contribution in [0.3, 0.4) is 0 Å². The van der Waals surface area contributed by atoms with Gasteiger partial charge >= 0.3 is 12.1 Å². The van der Waals surface area contributed by atoms with Crippen LogP contribution >= 0.6 is 23.2 Å². The lowest BCUT2D eigenvalue weighted by molar-refractivity contribution is -0.152. The molecule has 1 aromatic carbocycles. The van der Waals surface area contributed by atoms with Gasteiger partial charge in [0.15, 0.2) is 0 Å². The van der Waals surface area contributed by atoms with Crippen molar-refractivity contribution in [3.63, 3.8) is 0 Å². The molecule has 2 aliphatic rings. The minimum Gasteiger partial charge on any atom is -0.464 e. The fourth-order valence-electron chi connectivity index (χ4n) is 4.51. The van der Waals surface area contributed by atoms with Gasteiger partial charge in [-0.2, -0.15) is 10.5 Å². The lowest BCUT2D eigenvalue weighted by atomic mass is 9.57. The number of nitrogens with zero attached hydrogens (tertiary/aromatic N) is 3. The summed E-state index contributed by atoms with van der Waals surface area (Å²) in [4.78, 5) is 27.2. The molecular formula is C23H22Cl2N4O4. The average Bonchev–Trinajstić information content (AvgIpc) is 2.79. The van der Waals surface area contributed by atoms with Crippen LogP contribution in [-0.2, 0) is 14.3 Å². The van der Waals surface area contributed by atoms with E-state index in [0.717, 1.165) is 0 Å². The van der Waals surface area contributed by atoms with Crippen molar-refractivity contribution in [1.29, 1.82) is 10.5 Å². The quantitative estimate of drug-likeness (QED) is 0.635. The molecule has 10 heteroatoms. The largest absolute Gasteiger partial charge is 0.464 e. The molecule has 0 radical (unpaired) electrons. The van der Waals surface area contributed by atoms with Crippen LogP contribution in [0.15, 0.2) is 41.1 Å². The maximum Gasteiger partial charge on any atom is 0.410 e. The van der Waals surface area contributed by atoms with Crippen molar-refractivity contribution in [2.24, 2.45) is 17.1 Å². The van der Waals surface area contributed by atoms with Crippen molar-refractivity contribution in [2.75, 3.05) is 26.3 Å². The van der Waals surface area contributed by atoms with Gasteiger partial charge in [0, 0.05) is 35.0 Å².